The normalized spacial score (nSPS) is 31.9. The Bertz CT molecular complexity index is 1290. The van der Waals surface area contributed by atoms with E-state index in [1.807, 2.05) is 18.2 Å². The summed E-state index contributed by atoms with van der Waals surface area (Å²) in [7, 11) is 1.65. The lowest BCUT2D eigenvalue weighted by atomic mass is 9.68. The van der Waals surface area contributed by atoms with Crippen molar-refractivity contribution in [3.63, 3.8) is 0 Å². The Morgan fingerprint density at radius 3 is 2.61 bits per heavy atom. The number of amides is 2. The molecule has 4 aliphatic rings. The number of carbonyl (C=O) groups is 3. The standard InChI is InChI=1S/C26H28N2O6S2/c1-34-15-8-5-4-7-12(15)17-18-13-11-14(21(18)35-23-22(17)36-26(33)27-23)20-19(13)24(31)28(25(20)32)10-6-2-3-9-16(29)30/h4-5,7-8,13-14,17-21H,2-3,6,9-11H2,1H3,(H,27,33)(H,29,30). The molecule has 36 heavy (non-hydrogen) atoms. The third-order valence-corrected chi connectivity index (χ3v) is 11.1. The van der Waals surface area contributed by atoms with Crippen LogP contribution in [0.3, 0.4) is 0 Å². The van der Waals surface area contributed by atoms with Gasteiger partial charge >= 0.3 is 10.8 Å². The van der Waals surface area contributed by atoms with E-state index >= 15 is 0 Å². The van der Waals surface area contributed by atoms with E-state index in [2.05, 4.69) is 11.1 Å². The molecular formula is C26H28N2O6S2. The SMILES string of the molecule is COc1ccccc1C1c2sc(=O)[nH]c2SC2C3CC(C4C(=O)N(CCCCCC(=O)O)C(=O)C34)C12. The van der Waals surface area contributed by atoms with Gasteiger partial charge in [0.05, 0.1) is 24.0 Å². The number of fused-ring (bicyclic) bond motifs is 9. The number of thiazole rings is 1. The second-order valence-corrected chi connectivity index (χ2v) is 12.4. The van der Waals surface area contributed by atoms with Gasteiger partial charge < -0.3 is 14.8 Å². The molecule has 7 atom stereocenters. The average molecular weight is 529 g/mol. The molecule has 2 amide bonds. The van der Waals surface area contributed by atoms with Gasteiger partial charge in [-0.1, -0.05) is 36.0 Å². The monoisotopic (exact) mass is 528 g/mol. The van der Waals surface area contributed by atoms with Gasteiger partial charge in [0.15, 0.2) is 0 Å². The van der Waals surface area contributed by atoms with E-state index in [0.29, 0.717) is 25.8 Å². The number of aromatic nitrogens is 1. The molecule has 3 heterocycles. The van der Waals surface area contributed by atoms with Crippen LogP contribution in [0.25, 0.3) is 0 Å². The number of imide groups is 1. The Labute approximate surface area is 216 Å². The van der Waals surface area contributed by atoms with Crippen LogP contribution in [0.1, 0.15) is 48.5 Å². The highest BCUT2D eigenvalue weighted by molar-refractivity contribution is 8.00. The fourth-order valence-electron chi connectivity index (χ4n) is 7.29. The predicted octanol–water partition coefficient (Wildman–Crippen LogP) is 3.56. The summed E-state index contributed by atoms with van der Waals surface area (Å²) >= 11 is 2.92. The summed E-state index contributed by atoms with van der Waals surface area (Å²) in [5.41, 5.74) is 1.03. The van der Waals surface area contributed by atoms with Crippen molar-refractivity contribution in [3.8, 4) is 5.75 Å². The molecule has 2 bridgehead atoms. The molecule has 8 nitrogen and oxygen atoms in total. The first-order valence-corrected chi connectivity index (χ1v) is 14.2. The van der Waals surface area contributed by atoms with E-state index in [1.54, 1.807) is 18.9 Å². The minimum atomic E-state index is -0.825. The van der Waals surface area contributed by atoms with Crippen LogP contribution in [0.15, 0.2) is 34.1 Å². The van der Waals surface area contributed by atoms with Crippen molar-refractivity contribution in [2.45, 2.75) is 48.3 Å². The van der Waals surface area contributed by atoms with Crippen molar-refractivity contribution in [3.05, 3.63) is 44.4 Å². The number of H-pyrrole nitrogens is 1. The molecular weight excluding hydrogens is 500 g/mol. The van der Waals surface area contributed by atoms with E-state index < -0.39 is 5.97 Å². The van der Waals surface area contributed by atoms with E-state index in [9.17, 15) is 19.2 Å². The second-order valence-electron chi connectivity index (χ2n) is 10.2. The van der Waals surface area contributed by atoms with Crippen molar-refractivity contribution >= 4 is 40.9 Å². The molecule has 2 aliphatic heterocycles. The number of likely N-dealkylation sites (tertiary alicyclic amines) is 1. The van der Waals surface area contributed by atoms with Crippen molar-refractivity contribution in [2.24, 2.45) is 29.6 Å². The molecule has 10 heteroatoms. The number of carboxylic acid groups (broad SMARTS) is 1. The Hall–Kier alpha value is -2.59. The quantitative estimate of drug-likeness (QED) is 0.397. The summed E-state index contributed by atoms with van der Waals surface area (Å²) in [6.07, 6.45) is 2.81. The largest absolute Gasteiger partial charge is 0.496 e. The number of rotatable bonds is 8. The summed E-state index contributed by atoms with van der Waals surface area (Å²) in [5.74, 6) is -0.523. The van der Waals surface area contributed by atoms with Crippen LogP contribution >= 0.6 is 23.1 Å². The van der Waals surface area contributed by atoms with E-state index in [1.165, 1.54) is 16.2 Å². The number of benzene rings is 1. The van der Waals surface area contributed by atoms with Crippen LogP contribution in [0.2, 0.25) is 0 Å². The number of hydrogen-bond donors (Lipinski definition) is 2. The Morgan fingerprint density at radius 1 is 1.11 bits per heavy atom. The fraction of sp³-hybridized carbons (Fsp3) is 0.538. The molecule has 2 N–H and O–H groups in total. The fourth-order valence-corrected chi connectivity index (χ4v) is 10.2. The number of unbranched alkanes of at least 4 members (excludes halogenated alkanes) is 2. The molecule has 190 valence electrons. The number of nitrogens with one attached hydrogen (secondary N) is 1. The molecule has 2 aromatic rings. The third kappa shape index (κ3) is 3.55. The zero-order valence-electron chi connectivity index (χ0n) is 19.8. The van der Waals surface area contributed by atoms with Crippen LogP contribution in [-0.2, 0) is 14.4 Å². The third-order valence-electron chi connectivity index (χ3n) is 8.56. The lowest BCUT2D eigenvalue weighted by Crippen LogP contribution is -2.42. The topological polar surface area (TPSA) is 117 Å². The molecule has 1 saturated heterocycles. The van der Waals surface area contributed by atoms with Gasteiger partial charge in [-0.05, 0) is 43.1 Å². The van der Waals surface area contributed by atoms with Crippen molar-refractivity contribution in [2.75, 3.05) is 13.7 Å². The molecule has 2 saturated carbocycles. The maximum absolute atomic E-state index is 13.6. The van der Waals surface area contributed by atoms with Gasteiger partial charge in [0.2, 0.25) is 11.8 Å². The number of aromatic amines is 1. The maximum atomic E-state index is 13.6. The Kier molecular flexibility index (Phi) is 5.99. The highest BCUT2D eigenvalue weighted by atomic mass is 32.2. The molecule has 7 unspecified atom stereocenters. The zero-order valence-corrected chi connectivity index (χ0v) is 21.5. The number of thioether (sulfide) groups is 1. The summed E-state index contributed by atoms with van der Waals surface area (Å²) < 4.78 is 5.71. The van der Waals surface area contributed by atoms with Crippen molar-refractivity contribution in [1.82, 2.24) is 9.88 Å². The smallest absolute Gasteiger partial charge is 0.305 e. The lowest BCUT2D eigenvalue weighted by molar-refractivity contribution is -0.141. The van der Waals surface area contributed by atoms with Crippen molar-refractivity contribution in [1.29, 1.82) is 0 Å². The minimum Gasteiger partial charge on any atom is -0.496 e. The Morgan fingerprint density at radius 2 is 1.86 bits per heavy atom. The molecule has 2 aliphatic carbocycles. The van der Waals surface area contributed by atoms with Crippen LogP contribution < -0.4 is 9.61 Å². The first-order chi connectivity index (χ1) is 17.4. The summed E-state index contributed by atoms with van der Waals surface area (Å²) in [4.78, 5) is 55.6. The first-order valence-electron chi connectivity index (χ1n) is 12.5. The maximum Gasteiger partial charge on any atom is 0.305 e. The Balaban J connectivity index is 1.31. The predicted molar refractivity (Wildman–Crippen MR) is 134 cm³/mol. The van der Waals surface area contributed by atoms with E-state index in [0.717, 1.165) is 27.6 Å². The number of carbonyl (C=O) groups excluding carboxylic acids is 2. The van der Waals surface area contributed by atoms with Gasteiger partial charge in [-0.3, -0.25) is 24.1 Å². The highest BCUT2D eigenvalue weighted by Crippen LogP contribution is 2.68. The van der Waals surface area contributed by atoms with Crippen LogP contribution in [-0.4, -0.2) is 51.7 Å². The summed E-state index contributed by atoms with van der Waals surface area (Å²) in [5, 5.41) is 9.87. The van der Waals surface area contributed by atoms with Gasteiger partial charge in [-0.2, -0.15) is 0 Å². The number of methoxy groups -OCH3 is 1. The number of para-hydroxylation sites is 1. The number of hydrogen-bond acceptors (Lipinski definition) is 7. The summed E-state index contributed by atoms with van der Waals surface area (Å²) in [6, 6.07) is 7.91. The van der Waals surface area contributed by atoms with E-state index in [4.69, 9.17) is 9.84 Å². The number of aliphatic carboxylic acids is 1. The van der Waals surface area contributed by atoms with Gasteiger partial charge in [0.1, 0.15) is 5.75 Å². The number of nitrogens with zero attached hydrogens (tertiary/aromatic N) is 1. The lowest BCUT2D eigenvalue weighted by Gasteiger charge is -2.43. The van der Waals surface area contributed by atoms with Crippen LogP contribution in [0.5, 0.6) is 5.75 Å². The highest BCUT2D eigenvalue weighted by Gasteiger charge is 2.69. The number of carboxylic acids is 1. The average Bonchev–Trinajstić information content (AvgIpc) is 3.58. The van der Waals surface area contributed by atoms with Gasteiger partial charge in [-0.15, -0.1) is 11.8 Å². The van der Waals surface area contributed by atoms with Gasteiger partial charge in [-0.25, -0.2) is 0 Å². The van der Waals surface area contributed by atoms with E-state index in [-0.39, 0.29) is 63.9 Å². The van der Waals surface area contributed by atoms with Crippen LogP contribution in [0, 0.1) is 29.6 Å². The molecule has 3 fully saturated rings. The number of ether oxygens (including phenoxy) is 1. The molecule has 1 aromatic carbocycles. The molecule has 6 rings (SSSR count). The molecule has 0 spiro atoms. The van der Waals surface area contributed by atoms with Gasteiger partial charge in [0, 0.05) is 34.6 Å². The molecule has 0 radical (unpaired) electrons. The summed E-state index contributed by atoms with van der Waals surface area (Å²) in [6.45, 7) is 0.364. The first kappa shape index (κ1) is 23.8. The van der Waals surface area contributed by atoms with Crippen LogP contribution in [0.4, 0.5) is 0 Å². The molecule has 1 aromatic heterocycles. The van der Waals surface area contributed by atoms with Crippen molar-refractivity contribution < 1.29 is 24.2 Å². The zero-order chi connectivity index (χ0) is 25.1. The minimum absolute atomic E-state index is 0.0599. The second kappa shape index (κ2) is 9.06. The van der Waals surface area contributed by atoms with Gasteiger partial charge in [0.25, 0.3) is 0 Å².